The fourth-order valence-corrected chi connectivity index (χ4v) is 3.74. The number of methoxy groups -OCH3 is 1. The van der Waals surface area contributed by atoms with E-state index >= 15 is 0 Å². The van der Waals surface area contributed by atoms with Crippen molar-refractivity contribution >= 4 is 17.3 Å². The molecule has 0 saturated heterocycles. The van der Waals surface area contributed by atoms with Crippen molar-refractivity contribution in [1.29, 1.82) is 0 Å². The van der Waals surface area contributed by atoms with Gasteiger partial charge in [0.05, 0.1) is 18.7 Å². The Morgan fingerprint density at radius 3 is 2.69 bits per heavy atom. The number of hydrogen-bond donors (Lipinski definition) is 2. The summed E-state index contributed by atoms with van der Waals surface area (Å²) in [6.45, 7) is 9.25. The minimum absolute atomic E-state index is 0.629. The summed E-state index contributed by atoms with van der Waals surface area (Å²) >= 11 is 1.74. The van der Waals surface area contributed by atoms with Crippen molar-refractivity contribution in [3.63, 3.8) is 0 Å². The maximum Gasteiger partial charge on any atom is 0.191 e. The van der Waals surface area contributed by atoms with E-state index in [0.29, 0.717) is 6.61 Å². The number of aryl methyl sites for hydroxylation is 3. The van der Waals surface area contributed by atoms with Crippen LogP contribution in [0.5, 0.6) is 11.5 Å². The molecule has 0 aliphatic rings. The van der Waals surface area contributed by atoms with Crippen molar-refractivity contribution in [3.8, 4) is 11.5 Å². The molecule has 0 saturated carbocycles. The number of guanidine groups is 1. The molecule has 0 fully saturated rings. The summed E-state index contributed by atoms with van der Waals surface area (Å²) in [7, 11) is 1.67. The number of aliphatic imine (C=N–C) groups is 1. The van der Waals surface area contributed by atoms with Gasteiger partial charge < -0.3 is 20.1 Å². The van der Waals surface area contributed by atoms with Crippen LogP contribution >= 0.6 is 11.3 Å². The molecule has 7 heteroatoms. The third kappa shape index (κ3) is 8.31. The van der Waals surface area contributed by atoms with Gasteiger partial charge in [0.25, 0.3) is 0 Å². The zero-order chi connectivity index (χ0) is 20.9. The second-order valence-corrected chi connectivity index (χ2v) is 7.64. The van der Waals surface area contributed by atoms with E-state index in [0.717, 1.165) is 68.5 Å². The zero-order valence-corrected chi connectivity index (χ0v) is 18.9. The van der Waals surface area contributed by atoms with E-state index in [1.807, 2.05) is 19.9 Å². The van der Waals surface area contributed by atoms with Gasteiger partial charge in [0.1, 0.15) is 0 Å². The lowest BCUT2D eigenvalue weighted by Gasteiger charge is -2.12. The van der Waals surface area contributed by atoms with Crippen LogP contribution in [0.3, 0.4) is 0 Å². The van der Waals surface area contributed by atoms with Gasteiger partial charge in [-0.3, -0.25) is 4.99 Å². The summed E-state index contributed by atoms with van der Waals surface area (Å²) in [5.41, 5.74) is 2.35. The largest absolute Gasteiger partial charge is 0.493 e. The molecule has 29 heavy (non-hydrogen) atoms. The van der Waals surface area contributed by atoms with Crippen LogP contribution in [0.15, 0.2) is 28.6 Å². The first-order chi connectivity index (χ1) is 14.2. The van der Waals surface area contributed by atoms with Gasteiger partial charge in [-0.15, -0.1) is 11.3 Å². The van der Waals surface area contributed by atoms with Gasteiger partial charge in [0, 0.05) is 37.1 Å². The molecule has 0 atom stereocenters. The monoisotopic (exact) mass is 418 g/mol. The molecule has 0 spiro atoms. The molecule has 2 rings (SSSR count). The van der Waals surface area contributed by atoms with Crippen LogP contribution in [0.4, 0.5) is 0 Å². The minimum Gasteiger partial charge on any atom is -0.493 e. The Morgan fingerprint density at radius 1 is 1.14 bits per heavy atom. The Bertz CT molecular complexity index is 761. The Kier molecular flexibility index (Phi) is 10.3. The van der Waals surface area contributed by atoms with Crippen LogP contribution in [0.2, 0.25) is 0 Å². The number of aromatic nitrogens is 1. The van der Waals surface area contributed by atoms with Gasteiger partial charge in [-0.2, -0.15) is 0 Å². The fraction of sp³-hybridized carbons (Fsp3) is 0.545. The van der Waals surface area contributed by atoms with E-state index in [2.05, 4.69) is 40.1 Å². The highest BCUT2D eigenvalue weighted by atomic mass is 32.1. The summed E-state index contributed by atoms with van der Waals surface area (Å²) in [4.78, 5) is 9.20. The van der Waals surface area contributed by atoms with E-state index < -0.39 is 0 Å². The van der Waals surface area contributed by atoms with Crippen LogP contribution in [0.25, 0.3) is 0 Å². The van der Waals surface area contributed by atoms with Crippen molar-refractivity contribution in [2.75, 3.05) is 33.4 Å². The van der Waals surface area contributed by atoms with Crippen molar-refractivity contribution in [2.45, 2.75) is 46.5 Å². The molecule has 2 N–H and O–H groups in total. The molecule has 0 aliphatic heterocycles. The molecule has 0 bridgehead atoms. The summed E-state index contributed by atoms with van der Waals surface area (Å²) in [6, 6.07) is 6.13. The third-order valence-electron chi connectivity index (χ3n) is 4.29. The van der Waals surface area contributed by atoms with E-state index in [1.54, 1.807) is 18.4 Å². The molecule has 1 aromatic carbocycles. The standard InChI is InChI=1S/C22H34N4O2S/c1-5-23-22(25-14-8-10-21-26-17(3)16-29-21)24-13-7-9-18-11-12-19(27-4)20(15-18)28-6-2/h11-12,15-16H,5-10,13-14H2,1-4H3,(H2,23,24,25). The van der Waals surface area contributed by atoms with Gasteiger partial charge in [-0.05, 0) is 57.7 Å². The number of hydrogen-bond acceptors (Lipinski definition) is 5. The first-order valence-electron chi connectivity index (χ1n) is 10.4. The zero-order valence-electron chi connectivity index (χ0n) is 18.1. The van der Waals surface area contributed by atoms with E-state index in [9.17, 15) is 0 Å². The number of nitrogens with one attached hydrogen (secondary N) is 2. The molecule has 0 aliphatic carbocycles. The van der Waals surface area contributed by atoms with E-state index in [4.69, 9.17) is 14.5 Å². The number of nitrogens with zero attached hydrogens (tertiary/aromatic N) is 2. The SMILES string of the molecule is CCNC(=NCCCc1ccc(OC)c(OCC)c1)NCCCc1nc(C)cs1. The fourth-order valence-electron chi connectivity index (χ4n) is 2.92. The topological polar surface area (TPSA) is 67.8 Å². The molecule has 0 amide bonds. The predicted molar refractivity (Wildman–Crippen MR) is 122 cm³/mol. The Morgan fingerprint density at radius 2 is 2.00 bits per heavy atom. The van der Waals surface area contributed by atoms with Crippen LogP contribution in [-0.2, 0) is 12.8 Å². The van der Waals surface area contributed by atoms with Gasteiger partial charge in [0.15, 0.2) is 17.5 Å². The molecular formula is C22H34N4O2S. The average molecular weight is 419 g/mol. The highest BCUT2D eigenvalue weighted by Gasteiger charge is 2.05. The van der Waals surface area contributed by atoms with Crippen molar-refractivity contribution in [1.82, 2.24) is 15.6 Å². The highest BCUT2D eigenvalue weighted by Crippen LogP contribution is 2.28. The van der Waals surface area contributed by atoms with E-state index in [1.165, 1.54) is 10.6 Å². The van der Waals surface area contributed by atoms with Gasteiger partial charge in [-0.1, -0.05) is 6.07 Å². The maximum atomic E-state index is 5.66. The molecule has 0 unspecified atom stereocenters. The Labute approximate surface area is 178 Å². The van der Waals surface area contributed by atoms with Crippen LogP contribution in [0, 0.1) is 6.92 Å². The summed E-state index contributed by atoms with van der Waals surface area (Å²) < 4.78 is 11.0. The molecule has 2 aromatic rings. The Hall–Kier alpha value is -2.28. The number of thiazole rings is 1. The smallest absolute Gasteiger partial charge is 0.191 e. The second-order valence-electron chi connectivity index (χ2n) is 6.70. The highest BCUT2D eigenvalue weighted by molar-refractivity contribution is 7.09. The molecule has 1 heterocycles. The number of ether oxygens (including phenoxy) is 2. The predicted octanol–water partition coefficient (Wildman–Crippen LogP) is 3.98. The average Bonchev–Trinajstić information content (AvgIpc) is 3.14. The molecule has 0 radical (unpaired) electrons. The van der Waals surface area contributed by atoms with Crippen LogP contribution in [-0.4, -0.2) is 44.3 Å². The maximum absolute atomic E-state index is 5.66. The van der Waals surface area contributed by atoms with Crippen LogP contribution < -0.4 is 20.1 Å². The van der Waals surface area contributed by atoms with E-state index in [-0.39, 0.29) is 0 Å². The van der Waals surface area contributed by atoms with Crippen molar-refractivity contribution in [2.24, 2.45) is 4.99 Å². The summed E-state index contributed by atoms with van der Waals surface area (Å²) in [5, 5.41) is 10.0. The summed E-state index contributed by atoms with van der Waals surface area (Å²) in [6.07, 6.45) is 3.98. The lowest BCUT2D eigenvalue weighted by Crippen LogP contribution is -2.38. The second kappa shape index (κ2) is 13.0. The Balaban J connectivity index is 1.75. The quantitative estimate of drug-likeness (QED) is 0.310. The normalized spacial score (nSPS) is 11.4. The van der Waals surface area contributed by atoms with Gasteiger partial charge in [-0.25, -0.2) is 4.98 Å². The van der Waals surface area contributed by atoms with Gasteiger partial charge in [0.2, 0.25) is 0 Å². The minimum atomic E-state index is 0.629. The number of rotatable bonds is 12. The van der Waals surface area contributed by atoms with Crippen molar-refractivity contribution in [3.05, 3.63) is 39.8 Å². The lowest BCUT2D eigenvalue weighted by molar-refractivity contribution is 0.310. The first-order valence-corrected chi connectivity index (χ1v) is 11.3. The molecule has 6 nitrogen and oxygen atoms in total. The third-order valence-corrected chi connectivity index (χ3v) is 5.32. The first kappa shape index (κ1) is 23.0. The lowest BCUT2D eigenvalue weighted by atomic mass is 10.1. The summed E-state index contributed by atoms with van der Waals surface area (Å²) in [5.74, 6) is 2.47. The van der Waals surface area contributed by atoms with Crippen molar-refractivity contribution < 1.29 is 9.47 Å². The number of benzene rings is 1. The molecular weight excluding hydrogens is 384 g/mol. The van der Waals surface area contributed by atoms with Crippen LogP contribution in [0.1, 0.15) is 43.0 Å². The van der Waals surface area contributed by atoms with Gasteiger partial charge >= 0.3 is 0 Å². The molecule has 1 aromatic heterocycles. The molecule has 160 valence electrons.